The molecule has 10 heteroatoms. The number of carbonyl (C=O) groups excluding carboxylic acids is 1. The monoisotopic (exact) mass is 300 g/mol. The number of methoxy groups -OCH3 is 1. The highest BCUT2D eigenvalue weighted by Gasteiger charge is 2.28. The minimum Gasteiger partial charge on any atom is -0.493 e. The van der Waals surface area contributed by atoms with Crippen LogP contribution < -0.4 is 9.47 Å². The molecular weight excluding hydrogens is 288 g/mol. The van der Waals surface area contributed by atoms with Crippen molar-refractivity contribution < 1.29 is 29.2 Å². The molecule has 0 aromatic heterocycles. The van der Waals surface area contributed by atoms with Crippen molar-refractivity contribution in [3.05, 3.63) is 37.9 Å². The molecule has 0 radical (unpaired) electrons. The van der Waals surface area contributed by atoms with Crippen molar-refractivity contribution in [1.82, 2.24) is 0 Å². The standard InChI is InChI=1S/C11H12N2O8/c1-6(14)21-11-3-7(9(15)5-12(16)17)8(13(18)19)4-10(11)20-2/h3-4,9,15H,5H2,1-2H3. The first-order valence-electron chi connectivity index (χ1n) is 5.60. The van der Waals surface area contributed by atoms with Crippen LogP contribution in [0.15, 0.2) is 12.1 Å². The number of hydrogen-bond acceptors (Lipinski definition) is 8. The molecule has 0 aliphatic heterocycles. The van der Waals surface area contributed by atoms with Crippen LogP contribution in [0, 0.1) is 20.2 Å². The van der Waals surface area contributed by atoms with Gasteiger partial charge in [0.1, 0.15) is 0 Å². The molecule has 1 atom stereocenters. The zero-order valence-electron chi connectivity index (χ0n) is 11.1. The molecule has 0 heterocycles. The van der Waals surface area contributed by atoms with Crippen LogP contribution in [0.5, 0.6) is 11.5 Å². The van der Waals surface area contributed by atoms with E-state index in [1.807, 2.05) is 0 Å². The Hall–Kier alpha value is -2.75. The molecule has 21 heavy (non-hydrogen) atoms. The van der Waals surface area contributed by atoms with E-state index in [-0.39, 0.29) is 17.1 Å². The van der Waals surface area contributed by atoms with E-state index < -0.39 is 34.2 Å². The SMILES string of the molecule is COc1cc([N+](=O)[O-])c(C(O)C[N+](=O)[O-])cc1OC(C)=O. The smallest absolute Gasteiger partial charge is 0.308 e. The maximum Gasteiger partial charge on any atom is 0.308 e. The Labute approximate surface area is 118 Å². The van der Waals surface area contributed by atoms with Crippen molar-refractivity contribution >= 4 is 11.7 Å². The average molecular weight is 300 g/mol. The van der Waals surface area contributed by atoms with Gasteiger partial charge in [0.2, 0.25) is 6.54 Å². The minimum absolute atomic E-state index is 0.103. The summed E-state index contributed by atoms with van der Waals surface area (Å²) in [6.07, 6.45) is -1.72. The fraction of sp³-hybridized carbons (Fsp3) is 0.364. The van der Waals surface area contributed by atoms with Gasteiger partial charge in [-0.25, -0.2) is 0 Å². The van der Waals surface area contributed by atoms with Crippen molar-refractivity contribution in [2.24, 2.45) is 0 Å². The summed E-state index contributed by atoms with van der Waals surface area (Å²) in [6, 6.07) is 1.91. The molecule has 1 rings (SSSR count). The molecular formula is C11H12N2O8. The third kappa shape index (κ3) is 4.11. The van der Waals surface area contributed by atoms with Gasteiger partial charge in [-0.05, 0) is 6.07 Å². The van der Waals surface area contributed by atoms with Crippen molar-refractivity contribution in [2.75, 3.05) is 13.7 Å². The molecule has 0 aliphatic carbocycles. The number of carbonyl (C=O) groups is 1. The number of nitrogens with zero attached hydrogens (tertiary/aromatic N) is 2. The molecule has 0 saturated heterocycles. The van der Waals surface area contributed by atoms with Gasteiger partial charge in [-0.1, -0.05) is 0 Å². The second kappa shape index (κ2) is 6.61. The van der Waals surface area contributed by atoms with Crippen molar-refractivity contribution in [3.63, 3.8) is 0 Å². The van der Waals surface area contributed by atoms with Gasteiger partial charge in [0.25, 0.3) is 5.69 Å². The Morgan fingerprint density at radius 2 is 1.95 bits per heavy atom. The summed E-state index contributed by atoms with van der Waals surface area (Å²) in [5.74, 6) is -0.987. The summed E-state index contributed by atoms with van der Waals surface area (Å²) in [4.78, 5) is 30.7. The molecule has 1 N–H and O–H groups in total. The number of benzene rings is 1. The van der Waals surface area contributed by atoms with E-state index >= 15 is 0 Å². The van der Waals surface area contributed by atoms with E-state index in [1.165, 1.54) is 7.11 Å². The Kier molecular flexibility index (Phi) is 5.13. The van der Waals surface area contributed by atoms with Crippen LogP contribution in [0.4, 0.5) is 5.69 Å². The van der Waals surface area contributed by atoms with Crippen LogP contribution in [-0.2, 0) is 4.79 Å². The molecule has 0 amide bonds. The highest BCUT2D eigenvalue weighted by Crippen LogP contribution is 2.37. The number of ether oxygens (including phenoxy) is 2. The fourth-order valence-corrected chi connectivity index (χ4v) is 1.62. The quantitative estimate of drug-likeness (QED) is 0.352. The van der Waals surface area contributed by atoms with Crippen LogP contribution in [-0.4, -0.2) is 34.6 Å². The van der Waals surface area contributed by atoms with Crippen LogP contribution in [0.25, 0.3) is 0 Å². The lowest BCUT2D eigenvalue weighted by Crippen LogP contribution is -2.14. The molecule has 0 bridgehead atoms. The molecule has 0 saturated carbocycles. The molecule has 0 fully saturated rings. The number of rotatable bonds is 6. The summed E-state index contributed by atoms with van der Waals surface area (Å²) in [5, 5.41) is 31.1. The number of aliphatic hydroxyl groups is 1. The van der Waals surface area contributed by atoms with Gasteiger partial charge in [-0.2, -0.15) is 0 Å². The lowest BCUT2D eigenvalue weighted by Gasteiger charge is -2.12. The fourth-order valence-electron chi connectivity index (χ4n) is 1.62. The van der Waals surface area contributed by atoms with Crippen molar-refractivity contribution in [3.8, 4) is 11.5 Å². The van der Waals surface area contributed by atoms with Gasteiger partial charge in [0.15, 0.2) is 17.6 Å². The maximum atomic E-state index is 11.0. The molecule has 1 unspecified atom stereocenters. The number of aliphatic hydroxyl groups excluding tert-OH is 1. The van der Waals surface area contributed by atoms with E-state index in [1.54, 1.807) is 0 Å². The predicted molar refractivity (Wildman–Crippen MR) is 67.8 cm³/mol. The lowest BCUT2D eigenvalue weighted by atomic mass is 10.1. The molecule has 10 nitrogen and oxygen atoms in total. The van der Waals surface area contributed by atoms with E-state index in [2.05, 4.69) is 0 Å². The van der Waals surface area contributed by atoms with E-state index in [0.29, 0.717) is 0 Å². The predicted octanol–water partition coefficient (Wildman–Crippen LogP) is 0.839. The van der Waals surface area contributed by atoms with E-state index in [9.17, 15) is 30.1 Å². The molecule has 1 aromatic rings. The average Bonchev–Trinajstić information content (AvgIpc) is 2.36. The van der Waals surface area contributed by atoms with Crippen molar-refractivity contribution in [1.29, 1.82) is 0 Å². The minimum atomic E-state index is -1.72. The summed E-state index contributed by atoms with van der Waals surface area (Å²) >= 11 is 0. The third-order valence-corrected chi connectivity index (χ3v) is 2.44. The van der Waals surface area contributed by atoms with Gasteiger partial charge >= 0.3 is 5.97 Å². The van der Waals surface area contributed by atoms with Gasteiger partial charge < -0.3 is 14.6 Å². The number of hydrogen-bond donors (Lipinski definition) is 1. The molecule has 0 aliphatic rings. The van der Waals surface area contributed by atoms with E-state index in [4.69, 9.17) is 9.47 Å². The first-order chi connectivity index (χ1) is 9.76. The summed E-state index contributed by atoms with van der Waals surface area (Å²) in [5.41, 5.74) is -0.911. The second-order valence-corrected chi connectivity index (χ2v) is 3.94. The Balaban J connectivity index is 3.40. The number of esters is 1. The van der Waals surface area contributed by atoms with Crippen LogP contribution in [0.3, 0.4) is 0 Å². The number of nitro benzene ring substituents is 1. The second-order valence-electron chi connectivity index (χ2n) is 3.94. The summed E-state index contributed by atoms with van der Waals surface area (Å²) < 4.78 is 9.66. The Morgan fingerprint density at radius 3 is 2.38 bits per heavy atom. The zero-order valence-corrected chi connectivity index (χ0v) is 11.1. The normalized spacial score (nSPS) is 11.6. The summed E-state index contributed by atoms with van der Waals surface area (Å²) in [7, 11) is 1.21. The van der Waals surface area contributed by atoms with Gasteiger partial charge in [0, 0.05) is 11.8 Å². The van der Waals surface area contributed by atoms with Crippen LogP contribution >= 0.6 is 0 Å². The third-order valence-electron chi connectivity index (χ3n) is 2.44. The molecule has 0 spiro atoms. The largest absolute Gasteiger partial charge is 0.493 e. The van der Waals surface area contributed by atoms with Crippen LogP contribution in [0.1, 0.15) is 18.6 Å². The van der Waals surface area contributed by atoms with Gasteiger partial charge in [0.05, 0.1) is 23.7 Å². The van der Waals surface area contributed by atoms with Gasteiger partial charge in [-0.3, -0.25) is 25.0 Å². The first kappa shape index (κ1) is 16.3. The zero-order chi connectivity index (χ0) is 16.2. The Morgan fingerprint density at radius 1 is 1.33 bits per heavy atom. The maximum absolute atomic E-state index is 11.0. The van der Waals surface area contributed by atoms with E-state index in [0.717, 1.165) is 19.1 Å². The van der Waals surface area contributed by atoms with Crippen LogP contribution in [0.2, 0.25) is 0 Å². The summed E-state index contributed by atoms with van der Waals surface area (Å²) in [6.45, 7) is 0.181. The molecule has 114 valence electrons. The highest BCUT2D eigenvalue weighted by atomic mass is 16.6. The van der Waals surface area contributed by atoms with Gasteiger partial charge in [-0.15, -0.1) is 0 Å². The number of nitro groups is 2. The van der Waals surface area contributed by atoms with Crippen molar-refractivity contribution in [2.45, 2.75) is 13.0 Å². The molecule has 1 aromatic carbocycles. The lowest BCUT2D eigenvalue weighted by molar-refractivity contribution is -0.492. The topological polar surface area (TPSA) is 142 Å². The Bertz CT molecular complexity index is 586. The first-order valence-corrected chi connectivity index (χ1v) is 5.60. The highest BCUT2D eigenvalue weighted by molar-refractivity contribution is 5.71.